The lowest BCUT2D eigenvalue weighted by Crippen LogP contribution is -2.13. The van der Waals surface area contributed by atoms with Crippen LogP contribution in [0.3, 0.4) is 0 Å². The molecule has 0 aliphatic heterocycles. The molecule has 0 bridgehead atoms. The molecular weight excluding hydrogens is 208 g/mol. The van der Waals surface area contributed by atoms with Gasteiger partial charge in [-0.3, -0.25) is 0 Å². The second-order valence-corrected chi connectivity index (χ2v) is 4.30. The number of rotatable bonds is 2. The van der Waals surface area contributed by atoms with Gasteiger partial charge >= 0.3 is 0 Å². The Morgan fingerprint density at radius 3 is 2.80 bits per heavy atom. The van der Waals surface area contributed by atoms with Crippen molar-refractivity contribution >= 4 is 22.5 Å². The van der Waals surface area contributed by atoms with E-state index < -0.39 is 0 Å². The van der Waals surface area contributed by atoms with Gasteiger partial charge in [-0.05, 0) is 38.6 Å². The Labute approximate surface area is 94.6 Å². The van der Waals surface area contributed by atoms with Crippen LogP contribution in [0.4, 0.5) is 0 Å². The fourth-order valence-corrected chi connectivity index (χ4v) is 2.08. The fourth-order valence-electron chi connectivity index (χ4n) is 1.91. The molecule has 2 nitrogen and oxygen atoms in total. The maximum absolute atomic E-state index is 5.96. The van der Waals surface area contributed by atoms with E-state index in [1.807, 2.05) is 19.2 Å². The van der Waals surface area contributed by atoms with Crippen molar-refractivity contribution in [3.63, 3.8) is 0 Å². The predicted molar refractivity (Wildman–Crippen MR) is 65.5 cm³/mol. The second-order valence-electron chi connectivity index (χ2n) is 3.86. The summed E-state index contributed by atoms with van der Waals surface area (Å²) in [5, 5.41) is 5.25. The van der Waals surface area contributed by atoms with Gasteiger partial charge in [0.2, 0.25) is 0 Å². The van der Waals surface area contributed by atoms with E-state index >= 15 is 0 Å². The molecule has 15 heavy (non-hydrogen) atoms. The van der Waals surface area contributed by atoms with Crippen LogP contribution in [0.2, 0.25) is 5.02 Å². The van der Waals surface area contributed by atoms with Gasteiger partial charge in [0.05, 0.1) is 0 Å². The molecule has 0 aliphatic carbocycles. The zero-order valence-electron chi connectivity index (χ0n) is 9.19. The third-order valence-corrected chi connectivity index (χ3v) is 3.16. The van der Waals surface area contributed by atoms with Crippen molar-refractivity contribution in [1.29, 1.82) is 0 Å². The predicted octanol–water partition coefficient (Wildman–Crippen LogP) is 3.41. The maximum atomic E-state index is 5.96. The first kappa shape index (κ1) is 10.5. The minimum atomic E-state index is 0.330. The van der Waals surface area contributed by atoms with Crippen molar-refractivity contribution in [2.24, 2.45) is 0 Å². The summed E-state index contributed by atoms with van der Waals surface area (Å²) in [6.45, 7) is 4.27. The molecule has 0 amide bonds. The van der Waals surface area contributed by atoms with Crippen molar-refractivity contribution in [1.82, 2.24) is 10.3 Å². The van der Waals surface area contributed by atoms with Crippen LogP contribution in [0.1, 0.15) is 24.2 Å². The first-order valence-corrected chi connectivity index (χ1v) is 5.46. The third kappa shape index (κ3) is 1.75. The number of hydrogen-bond acceptors (Lipinski definition) is 1. The summed E-state index contributed by atoms with van der Waals surface area (Å²) in [7, 11) is 1.96. The van der Waals surface area contributed by atoms with Gasteiger partial charge in [0.25, 0.3) is 0 Å². The zero-order valence-corrected chi connectivity index (χ0v) is 9.94. The van der Waals surface area contributed by atoms with E-state index in [9.17, 15) is 0 Å². The average molecular weight is 223 g/mol. The van der Waals surface area contributed by atoms with Gasteiger partial charge in [0.15, 0.2) is 0 Å². The number of hydrogen-bond donors (Lipinski definition) is 2. The van der Waals surface area contributed by atoms with Crippen LogP contribution >= 0.6 is 11.6 Å². The SMILES string of the molecule is CNC(C)c1[nH]c2cc(Cl)ccc2c1C. The Kier molecular flexibility index (Phi) is 2.72. The minimum Gasteiger partial charge on any atom is -0.357 e. The summed E-state index contributed by atoms with van der Waals surface area (Å²) < 4.78 is 0. The Hall–Kier alpha value is -0.990. The summed E-state index contributed by atoms with van der Waals surface area (Å²) in [6, 6.07) is 6.29. The topological polar surface area (TPSA) is 27.8 Å². The highest BCUT2D eigenvalue weighted by Crippen LogP contribution is 2.27. The summed E-state index contributed by atoms with van der Waals surface area (Å²) >= 11 is 5.96. The number of aromatic nitrogens is 1. The maximum Gasteiger partial charge on any atom is 0.0474 e. The largest absolute Gasteiger partial charge is 0.357 e. The van der Waals surface area contributed by atoms with Crippen molar-refractivity contribution in [3.8, 4) is 0 Å². The first-order valence-electron chi connectivity index (χ1n) is 5.08. The molecule has 1 heterocycles. The fraction of sp³-hybridized carbons (Fsp3) is 0.333. The van der Waals surface area contributed by atoms with Crippen molar-refractivity contribution in [2.45, 2.75) is 19.9 Å². The smallest absolute Gasteiger partial charge is 0.0474 e. The van der Waals surface area contributed by atoms with Crippen molar-refractivity contribution < 1.29 is 0 Å². The summed E-state index contributed by atoms with van der Waals surface area (Å²) in [5.74, 6) is 0. The van der Waals surface area contributed by atoms with Gasteiger partial charge in [-0.1, -0.05) is 17.7 Å². The van der Waals surface area contributed by atoms with Crippen LogP contribution in [0.15, 0.2) is 18.2 Å². The Morgan fingerprint density at radius 1 is 1.40 bits per heavy atom. The Morgan fingerprint density at radius 2 is 2.13 bits per heavy atom. The van der Waals surface area contributed by atoms with Crippen molar-refractivity contribution in [3.05, 3.63) is 34.5 Å². The number of H-pyrrole nitrogens is 1. The average Bonchev–Trinajstić information content (AvgIpc) is 2.54. The molecule has 3 heteroatoms. The van der Waals surface area contributed by atoms with E-state index in [2.05, 4.69) is 30.2 Å². The number of aromatic amines is 1. The molecule has 2 rings (SSSR count). The first-order chi connectivity index (χ1) is 7.13. The van der Waals surface area contributed by atoms with Crippen LogP contribution in [-0.2, 0) is 0 Å². The van der Waals surface area contributed by atoms with Gasteiger partial charge in [-0.2, -0.15) is 0 Å². The summed E-state index contributed by atoms with van der Waals surface area (Å²) in [4.78, 5) is 3.41. The summed E-state index contributed by atoms with van der Waals surface area (Å²) in [5.41, 5.74) is 3.63. The van der Waals surface area contributed by atoms with Gasteiger partial charge in [-0.25, -0.2) is 0 Å². The number of aryl methyl sites for hydroxylation is 1. The van der Waals surface area contributed by atoms with Gasteiger partial charge in [0.1, 0.15) is 0 Å². The van der Waals surface area contributed by atoms with Crippen LogP contribution in [0.25, 0.3) is 10.9 Å². The Balaban J connectivity index is 2.63. The number of benzene rings is 1. The quantitative estimate of drug-likeness (QED) is 0.801. The molecule has 0 saturated heterocycles. The van der Waals surface area contributed by atoms with Crippen molar-refractivity contribution in [2.75, 3.05) is 7.05 Å². The van der Waals surface area contributed by atoms with Gasteiger partial charge in [-0.15, -0.1) is 0 Å². The molecule has 0 spiro atoms. The minimum absolute atomic E-state index is 0.330. The van der Waals surface area contributed by atoms with E-state index in [1.54, 1.807) is 0 Å². The standard InChI is InChI=1S/C12H15ClN2/c1-7-10-5-4-9(13)6-11(10)15-12(7)8(2)14-3/h4-6,8,14-15H,1-3H3. The lowest BCUT2D eigenvalue weighted by atomic mass is 10.1. The zero-order chi connectivity index (χ0) is 11.0. The van der Waals surface area contributed by atoms with Crippen LogP contribution in [0, 0.1) is 6.92 Å². The molecule has 1 unspecified atom stereocenters. The highest BCUT2D eigenvalue weighted by molar-refractivity contribution is 6.31. The molecule has 1 aromatic carbocycles. The van der Waals surface area contributed by atoms with Crippen LogP contribution in [-0.4, -0.2) is 12.0 Å². The highest BCUT2D eigenvalue weighted by Gasteiger charge is 2.11. The molecule has 0 radical (unpaired) electrons. The molecule has 80 valence electrons. The highest BCUT2D eigenvalue weighted by atomic mass is 35.5. The summed E-state index contributed by atoms with van der Waals surface area (Å²) in [6.07, 6.45) is 0. The van der Waals surface area contributed by atoms with Crippen LogP contribution < -0.4 is 5.32 Å². The second kappa shape index (κ2) is 3.87. The third-order valence-electron chi connectivity index (χ3n) is 2.92. The molecule has 0 aliphatic rings. The molecule has 2 aromatic rings. The number of nitrogens with one attached hydrogen (secondary N) is 2. The molecule has 0 fully saturated rings. The number of fused-ring (bicyclic) bond motifs is 1. The van der Waals surface area contributed by atoms with Gasteiger partial charge < -0.3 is 10.3 Å². The normalized spacial score (nSPS) is 13.3. The number of halogens is 1. The molecule has 0 saturated carbocycles. The lowest BCUT2D eigenvalue weighted by Gasteiger charge is -2.08. The van der Waals surface area contributed by atoms with E-state index in [4.69, 9.17) is 11.6 Å². The van der Waals surface area contributed by atoms with Crippen LogP contribution in [0.5, 0.6) is 0 Å². The molecule has 1 aromatic heterocycles. The lowest BCUT2D eigenvalue weighted by molar-refractivity contribution is 0.634. The molecule has 1 atom stereocenters. The van der Waals surface area contributed by atoms with E-state index in [0.717, 1.165) is 10.5 Å². The van der Waals surface area contributed by atoms with Gasteiger partial charge in [0, 0.05) is 27.7 Å². The van der Waals surface area contributed by atoms with E-state index in [1.165, 1.54) is 16.6 Å². The van der Waals surface area contributed by atoms with E-state index in [-0.39, 0.29) is 0 Å². The van der Waals surface area contributed by atoms with E-state index in [0.29, 0.717) is 6.04 Å². The monoisotopic (exact) mass is 222 g/mol. The Bertz CT molecular complexity index is 488. The molecule has 2 N–H and O–H groups in total. The molecular formula is C12H15ClN2.